The van der Waals surface area contributed by atoms with Gasteiger partial charge in [-0.15, -0.1) is 0 Å². The SMILES string of the molecule is CCN(C(=O)OCC(F)(F)F)C(C)c1cccc(O)c1. The first-order chi connectivity index (χ1) is 9.24. The number of nitrogens with zero attached hydrogens (tertiary/aromatic N) is 1. The molecule has 0 aromatic heterocycles. The first kappa shape index (κ1) is 16.1. The Morgan fingerprint density at radius 3 is 2.60 bits per heavy atom. The predicted octanol–water partition coefficient (Wildman–Crippen LogP) is 3.47. The summed E-state index contributed by atoms with van der Waals surface area (Å²) in [5, 5.41) is 9.38. The van der Waals surface area contributed by atoms with E-state index in [-0.39, 0.29) is 12.3 Å². The zero-order valence-corrected chi connectivity index (χ0v) is 11.1. The van der Waals surface area contributed by atoms with Gasteiger partial charge < -0.3 is 14.7 Å². The first-order valence-corrected chi connectivity index (χ1v) is 6.03. The predicted molar refractivity (Wildman–Crippen MR) is 66.3 cm³/mol. The summed E-state index contributed by atoms with van der Waals surface area (Å²) in [7, 11) is 0. The zero-order chi connectivity index (χ0) is 15.3. The molecule has 1 rings (SSSR count). The fourth-order valence-corrected chi connectivity index (χ4v) is 1.75. The normalized spacial score (nSPS) is 12.8. The van der Waals surface area contributed by atoms with Crippen molar-refractivity contribution in [1.82, 2.24) is 4.90 Å². The lowest BCUT2D eigenvalue weighted by molar-refractivity contribution is -0.162. The van der Waals surface area contributed by atoms with Crippen molar-refractivity contribution in [2.45, 2.75) is 26.1 Å². The minimum atomic E-state index is -4.55. The average Bonchev–Trinajstić information content (AvgIpc) is 2.36. The van der Waals surface area contributed by atoms with Crippen molar-refractivity contribution in [2.24, 2.45) is 0 Å². The Hall–Kier alpha value is -1.92. The van der Waals surface area contributed by atoms with Gasteiger partial charge in [0.25, 0.3) is 0 Å². The molecule has 0 aliphatic heterocycles. The molecule has 0 radical (unpaired) electrons. The highest BCUT2D eigenvalue weighted by Gasteiger charge is 2.31. The standard InChI is InChI=1S/C13H16F3NO3/c1-3-17(12(19)20-8-13(14,15)16)9(2)10-5-4-6-11(18)7-10/h4-7,9,18H,3,8H2,1-2H3. The van der Waals surface area contributed by atoms with E-state index in [0.29, 0.717) is 5.56 Å². The van der Waals surface area contributed by atoms with Gasteiger partial charge in [0.15, 0.2) is 6.61 Å². The second kappa shape index (κ2) is 6.49. The summed E-state index contributed by atoms with van der Waals surface area (Å²) >= 11 is 0. The largest absolute Gasteiger partial charge is 0.508 e. The molecule has 20 heavy (non-hydrogen) atoms. The lowest BCUT2D eigenvalue weighted by Gasteiger charge is -2.27. The molecule has 1 amide bonds. The van der Waals surface area contributed by atoms with E-state index in [1.165, 1.54) is 12.1 Å². The number of hydrogen-bond acceptors (Lipinski definition) is 3. The molecule has 0 saturated carbocycles. The molecular formula is C13H16F3NO3. The lowest BCUT2D eigenvalue weighted by atomic mass is 10.1. The molecule has 0 spiro atoms. The Morgan fingerprint density at radius 1 is 1.45 bits per heavy atom. The fourth-order valence-electron chi connectivity index (χ4n) is 1.75. The maximum absolute atomic E-state index is 12.0. The number of carbonyl (C=O) groups is 1. The van der Waals surface area contributed by atoms with Gasteiger partial charge in [-0.25, -0.2) is 4.79 Å². The van der Waals surface area contributed by atoms with Gasteiger partial charge in [-0.1, -0.05) is 12.1 Å². The van der Waals surface area contributed by atoms with E-state index in [2.05, 4.69) is 4.74 Å². The highest BCUT2D eigenvalue weighted by Crippen LogP contribution is 2.24. The maximum atomic E-state index is 12.0. The highest BCUT2D eigenvalue weighted by molar-refractivity contribution is 5.68. The summed E-state index contributed by atoms with van der Waals surface area (Å²) in [6, 6.07) is 5.67. The van der Waals surface area contributed by atoms with Crippen LogP contribution < -0.4 is 0 Å². The zero-order valence-electron chi connectivity index (χ0n) is 11.1. The molecule has 0 saturated heterocycles. The fraction of sp³-hybridized carbons (Fsp3) is 0.462. The van der Waals surface area contributed by atoms with Crippen LogP contribution in [0.2, 0.25) is 0 Å². The van der Waals surface area contributed by atoms with Crippen LogP contribution in [-0.2, 0) is 4.74 Å². The first-order valence-electron chi connectivity index (χ1n) is 6.03. The number of amides is 1. The summed E-state index contributed by atoms with van der Waals surface area (Å²) in [5.41, 5.74) is 0.607. The summed E-state index contributed by atoms with van der Waals surface area (Å²) < 4.78 is 40.3. The molecule has 0 fully saturated rings. The second-order valence-corrected chi connectivity index (χ2v) is 4.23. The molecule has 0 heterocycles. The number of aromatic hydroxyl groups is 1. The van der Waals surface area contributed by atoms with Crippen LogP contribution in [-0.4, -0.2) is 35.4 Å². The van der Waals surface area contributed by atoms with E-state index < -0.39 is 24.9 Å². The third kappa shape index (κ3) is 4.64. The smallest absolute Gasteiger partial charge is 0.422 e. The van der Waals surface area contributed by atoms with Gasteiger partial charge in [-0.3, -0.25) is 0 Å². The van der Waals surface area contributed by atoms with Crippen LogP contribution in [0.3, 0.4) is 0 Å². The third-order valence-corrected chi connectivity index (χ3v) is 2.75. The Kier molecular flexibility index (Phi) is 5.24. The number of phenolic OH excluding ortho intramolecular Hbond substituents is 1. The van der Waals surface area contributed by atoms with Crippen molar-refractivity contribution >= 4 is 6.09 Å². The van der Waals surface area contributed by atoms with Gasteiger partial charge in [-0.2, -0.15) is 13.2 Å². The Bertz CT molecular complexity index is 462. The molecule has 4 nitrogen and oxygen atoms in total. The number of hydrogen-bond donors (Lipinski definition) is 1. The Labute approximate surface area is 114 Å². The quantitative estimate of drug-likeness (QED) is 0.924. The number of benzene rings is 1. The van der Waals surface area contributed by atoms with Crippen molar-refractivity contribution in [3.05, 3.63) is 29.8 Å². The third-order valence-electron chi connectivity index (χ3n) is 2.75. The summed E-state index contributed by atoms with van der Waals surface area (Å²) in [4.78, 5) is 12.8. The van der Waals surface area contributed by atoms with Gasteiger partial charge in [0, 0.05) is 6.54 Å². The molecule has 7 heteroatoms. The number of phenols is 1. The average molecular weight is 291 g/mol. The number of carbonyl (C=O) groups excluding carboxylic acids is 1. The van der Waals surface area contributed by atoms with Gasteiger partial charge in [0.1, 0.15) is 5.75 Å². The van der Waals surface area contributed by atoms with Crippen LogP contribution in [0.4, 0.5) is 18.0 Å². The van der Waals surface area contributed by atoms with Crippen LogP contribution in [0.5, 0.6) is 5.75 Å². The van der Waals surface area contributed by atoms with Gasteiger partial charge >= 0.3 is 12.3 Å². The number of halogens is 3. The van der Waals surface area contributed by atoms with Crippen molar-refractivity contribution in [3.8, 4) is 5.75 Å². The summed E-state index contributed by atoms with van der Waals surface area (Å²) in [6.45, 7) is 1.85. The Balaban J connectivity index is 2.77. The van der Waals surface area contributed by atoms with Gasteiger partial charge in [0.2, 0.25) is 0 Å². The summed E-state index contributed by atoms with van der Waals surface area (Å²) in [6.07, 6.45) is -5.59. The minimum Gasteiger partial charge on any atom is -0.508 e. The minimum absolute atomic E-state index is 0.0223. The van der Waals surface area contributed by atoms with E-state index in [0.717, 1.165) is 4.90 Å². The van der Waals surface area contributed by atoms with Crippen LogP contribution in [0.25, 0.3) is 0 Å². The monoisotopic (exact) mass is 291 g/mol. The van der Waals surface area contributed by atoms with E-state index >= 15 is 0 Å². The van der Waals surface area contributed by atoms with E-state index in [9.17, 15) is 23.1 Å². The molecule has 112 valence electrons. The highest BCUT2D eigenvalue weighted by atomic mass is 19.4. The van der Waals surface area contributed by atoms with E-state index in [1.807, 2.05) is 0 Å². The van der Waals surface area contributed by atoms with Crippen LogP contribution >= 0.6 is 0 Å². The van der Waals surface area contributed by atoms with Crippen LogP contribution in [0, 0.1) is 0 Å². The number of alkyl halides is 3. The van der Waals surface area contributed by atoms with Crippen LogP contribution in [0.15, 0.2) is 24.3 Å². The van der Waals surface area contributed by atoms with Crippen molar-refractivity contribution in [1.29, 1.82) is 0 Å². The van der Waals surface area contributed by atoms with Gasteiger partial charge in [0.05, 0.1) is 6.04 Å². The van der Waals surface area contributed by atoms with E-state index in [1.54, 1.807) is 26.0 Å². The molecule has 1 aromatic rings. The van der Waals surface area contributed by atoms with Crippen molar-refractivity contribution in [3.63, 3.8) is 0 Å². The molecule has 1 atom stereocenters. The second-order valence-electron chi connectivity index (χ2n) is 4.23. The molecule has 1 aromatic carbocycles. The van der Waals surface area contributed by atoms with E-state index in [4.69, 9.17) is 0 Å². The number of rotatable bonds is 4. The topological polar surface area (TPSA) is 49.8 Å². The molecule has 0 aliphatic rings. The molecule has 0 aliphatic carbocycles. The molecule has 0 bridgehead atoms. The van der Waals surface area contributed by atoms with Gasteiger partial charge in [-0.05, 0) is 31.5 Å². The van der Waals surface area contributed by atoms with Crippen molar-refractivity contribution < 1.29 is 27.8 Å². The lowest BCUT2D eigenvalue weighted by Crippen LogP contribution is -2.36. The molecule has 1 unspecified atom stereocenters. The van der Waals surface area contributed by atoms with Crippen molar-refractivity contribution in [2.75, 3.05) is 13.2 Å². The van der Waals surface area contributed by atoms with Crippen LogP contribution in [0.1, 0.15) is 25.5 Å². The summed E-state index contributed by atoms with van der Waals surface area (Å²) in [5.74, 6) is 0.0223. The molecule has 1 N–H and O–H groups in total. The molecular weight excluding hydrogens is 275 g/mol. The Morgan fingerprint density at radius 2 is 2.10 bits per heavy atom. The maximum Gasteiger partial charge on any atom is 0.422 e. The number of ether oxygens (including phenoxy) is 1.